The van der Waals surface area contributed by atoms with Gasteiger partial charge in [-0.1, -0.05) is 18.2 Å². The van der Waals surface area contributed by atoms with Gasteiger partial charge in [0.2, 0.25) is 0 Å². The third-order valence-corrected chi connectivity index (χ3v) is 4.76. The molecule has 3 nitrogen and oxygen atoms in total. The van der Waals surface area contributed by atoms with Crippen molar-refractivity contribution < 1.29 is 13.9 Å². The minimum atomic E-state index is -0.108. The number of nitrogens with zero attached hydrogens (tertiary/aromatic N) is 1. The molecule has 0 saturated carbocycles. The third kappa shape index (κ3) is 3.44. The molecule has 1 aromatic carbocycles. The number of methoxy groups -OCH3 is 1. The first-order valence-electron chi connectivity index (χ1n) is 7.79. The van der Waals surface area contributed by atoms with Gasteiger partial charge in [-0.3, -0.25) is 4.90 Å². The Bertz CT molecular complexity index is 482. The average Bonchev–Trinajstić information content (AvgIpc) is 3.07. The molecule has 0 bridgehead atoms. The topological polar surface area (TPSA) is 21.7 Å². The van der Waals surface area contributed by atoms with E-state index in [1.54, 1.807) is 13.2 Å². The molecule has 1 aromatic rings. The Kier molecular flexibility index (Phi) is 4.57. The fraction of sp³-hybridized carbons (Fsp3) is 0.647. The fourth-order valence-corrected chi connectivity index (χ4v) is 3.62. The summed E-state index contributed by atoms with van der Waals surface area (Å²) in [5.41, 5.74) is 0.785. The van der Waals surface area contributed by atoms with Gasteiger partial charge in [-0.2, -0.15) is 0 Å². The Morgan fingerprint density at radius 2 is 2.29 bits per heavy atom. The maximum atomic E-state index is 13.7. The maximum Gasteiger partial charge on any atom is 0.127 e. The van der Waals surface area contributed by atoms with Crippen LogP contribution >= 0.6 is 0 Å². The summed E-state index contributed by atoms with van der Waals surface area (Å²) in [6.45, 7) is 4.25. The van der Waals surface area contributed by atoms with Crippen LogP contribution in [0.5, 0.6) is 0 Å². The summed E-state index contributed by atoms with van der Waals surface area (Å²) < 4.78 is 25.0. The molecule has 21 heavy (non-hydrogen) atoms. The van der Waals surface area contributed by atoms with Crippen LogP contribution < -0.4 is 0 Å². The average molecular weight is 293 g/mol. The zero-order valence-corrected chi connectivity index (χ0v) is 12.7. The van der Waals surface area contributed by atoms with E-state index in [0.29, 0.717) is 12.5 Å². The molecule has 2 heterocycles. The molecule has 2 fully saturated rings. The minimum Gasteiger partial charge on any atom is -0.385 e. The zero-order chi connectivity index (χ0) is 14.7. The molecule has 0 N–H and O–H groups in total. The highest BCUT2D eigenvalue weighted by Crippen LogP contribution is 2.39. The predicted octanol–water partition coefficient (Wildman–Crippen LogP) is 2.84. The van der Waals surface area contributed by atoms with Gasteiger partial charge in [0.05, 0.1) is 12.2 Å². The Hall–Kier alpha value is -0.970. The van der Waals surface area contributed by atoms with Crippen molar-refractivity contribution in [3.8, 4) is 0 Å². The molecule has 0 amide bonds. The number of likely N-dealkylation sites (tertiary alicyclic amines) is 1. The Morgan fingerprint density at radius 3 is 3.10 bits per heavy atom. The number of rotatable bonds is 5. The largest absolute Gasteiger partial charge is 0.385 e. The molecule has 0 unspecified atom stereocenters. The number of halogens is 1. The summed E-state index contributed by atoms with van der Waals surface area (Å²) in [4.78, 5) is 2.32. The highest BCUT2D eigenvalue weighted by Gasteiger charge is 2.45. The molecule has 0 aromatic heterocycles. The molecule has 0 radical (unpaired) electrons. The van der Waals surface area contributed by atoms with Crippen LogP contribution in [0.2, 0.25) is 0 Å². The van der Waals surface area contributed by atoms with E-state index in [9.17, 15) is 4.39 Å². The molecule has 2 atom stereocenters. The van der Waals surface area contributed by atoms with Crippen LogP contribution in [-0.4, -0.2) is 43.9 Å². The second-order valence-electron chi connectivity index (χ2n) is 6.40. The zero-order valence-electron chi connectivity index (χ0n) is 12.7. The second kappa shape index (κ2) is 6.42. The lowest BCUT2D eigenvalue weighted by Gasteiger charge is -2.23. The lowest BCUT2D eigenvalue weighted by molar-refractivity contribution is 0.0107. The van der Waals surface area contributed by atoms with Crippen molar-refractivity contribution in [3.05, 3.63) is 35.6 Å². The van der Waals surface area contributed by atoms with Crippen LogP contribution in [0.3, 0.4) is 0 Å². The van der Waals surface area contributed by atoms with E-state index in [0.717, 1.165) is 51.1 Å². The van der Waals surface area contributed by atoms with Crippen LogP contribution in [0.15, 0.2) is 24.3 Å². The molecule has 2 aliphatic heterocycles. The fourth-order valence-electron chi connectivity index (χ4n) is 3.62. The van der Waals surface area contributed by atoms with Crippen LogP contribution in [0.25, 0.3) is 0 Å². The number of benzene rings is 1. The van der Waals surface area contributed by atoms with Gasteiger partial charge in [-0.15, -0.1) is 0 Å². The molecular formula is C17H24FNO2. The van der Waals surface area contributed by atoms with Gasteiger partial charge in [-0.05, 0) is 31.2 Å². The van der Waals surface area contributed by atoms with Crippen molar-refractivity contribution in [2.75, 3.05) is 33.4 Å². The van der Waals surface area contributed by atoms with Crippen LogP contribution in [-0.2, 0) is 16.0 Å². The number of ether oxygens (including phenoxy) is 2. The van der Waals surface area contributed by atoms with Gasteiger partial charge in [0.25, 0.3) is 0 Å². The molecule has 3 rings (SSSR count). The molecule has 4 heteroatoms. The summed E-state index contributed by atoms with van der Waals surface area (Å²) in [5, 5.41) is 0. The first kappa shape index (κ1) is 14.9. The predicted molar refractivity (Wildman–Crippen MR) is 79.6 cm³/mol. The molecule has 0 aliphatic carbocycles. The first-order valence-corrected chi connectivity index (χ1v) is 7.79. The monoisotopic (exact) mass is 293 g/mol. The van der Waals surface area contributed by atoms with Crippen LogP contribution in [0, 0.1) is 11.7 Å². The van der Waals surface area contributed by atoms with Crippen molar-refractivity contribution >= 4 is 0 Å². The van der Waals surface area contributed by atoms with Gasteiger partial charge in [-0.25, -0.2) is 4.39 Å². The van der Waals surface area contributed by atoms with Crippen LogP contribution in [0.4, 0.5) is 4.39 Å². The standard InChI is InChI=1S/C17H24FNO2/c1-20-9-6-14-10-17(21-12-14)7-8-19(13-17)11-15-4-2-3-5-16(15)18/h2-5,14H,6-13H2,1H3/t14-,17+/m1/s1. The van der Waals surface area contributed by atoms with E-state index in [4.69, 9.17) is 9.47 Å². The normalized spacial score (nSPS) is 29.5. The van der Waals surface area contributed by atoms with Gasteiger partial charge in [0, 0.05) is 38.9 Å². The van der Waals surface area contributed by atoms with Crippen molar-refractivity contribution in [1.82, 2.24) is 4.90 Å². The van der Waals surface area contributed by atoms with Crippen molar-refractivity contribution in [2.45, 2.75) is 31.4 Å². The van der Waals surface area contributed by atoms with E-state index >= 15 is 0 Å². The third-order valence-electron chi connectivity index (χ3n) is 4.76. The summed E-state index contributed by atoms with van der Waals surface area (Å²) in [6.07, 6.45) is 3.25. The molecular weight excluding hydrogens is 269 g/mol. The Labute approximate surface area is 126 Å². The molecule has 2 saturated heterocycles. The SMILES string of the molecule is COCC[C@H]1CO[C@@]2(CCN(Cc3ccccc3F)C2)C1. The number of hydrogen-bond donors (Lipinski definition) is 0. The highest BCUT2D eigenvalue weighted by molar-refractivity contribution is 5.17. The smallest absolute Gasteiger partial charge is 0.127 e. The van der Waals surface area contributed by atoms with Gasteiger partial charge >= 0.3 is 0 Å². The lowest BCUT2D eigenvalue weighted by Crippen LogP contribution is -2.32. The summed E-state index contributed by atoms with van der Waals surface area (Å²) >= 11 is 0. The van der Waals surface area contributed by atoms with Crippen molar-refractivity contribution in [1.29, 1.82) is 0 Å². The van der Waals surface area contributed by atoms with Gasteiger partial charge < -0.3 is 9.47 Å². The highest BCUT2D eigenvalue weighted by atomic mass is 19.1. The molecule has 116 valence electrons. The van der Waals surface area contributed by atoms with Crippen LogP contribution in [0.1, 0.15) is 24.8 Å². The second-order valence-corrected chi connectivity index (χ2v) is 6.40. The number of hydrogen-bond acceptors (Lipinski definition) is 3. The van der Waals surface area contributed by atoms with Crippen molar-refractivity contribution in [2.24, 2.45) is 5.92 Å². The van der Waals surface area contributed by atoms with Crippen molar-refractivity contribution in [3.63, 3.8) is 0 Å². The Morgan fingerprint density at radius 1 is 1.43 bits per heavy atom. The van der Waals surface area contributed by atoms with E-state index in [1.165, 1.54) is 6.07 Å². The molecule has 2 aliphatic rings. The Balaban J connectivity index is 1.55. The summed E-state index contributed by atoms with van der Waals surface area (Å²) in [7, 11) is 1.75. The van der Waals surface area contributed by atoms with Gasteiger partial charge in [0.15, 0.2) is 0 Å². The van der Waals surface area contributed by atoms with E-state index < -0.39 is 0 Å². The van der Waals surface area contributed by atoms with E-state index in [1.807, 2.05) is 12.1 Å². The maximum absolute atomic E-state index is 13.7. The van der Waals surface area contributed by atoms with Gasteiger partial charge in [0.1, 0.15) is 5.82 Å². The van der Waals surface area contributed by atoms with E-state index in [2.05, 4.69) is 4.90 Å². The summed E-state index contributed by atoms with van der Waals surface area (Å²) in [5.74, 6) is 0.502. The quantitative estimate of drug-likeness (QED) is 0.833. The summed E-state index contributed by atoms with van der Waals surface area (Å²) in [6, 6.07) is 7.05. The minimum absolute atomic E-state index is 0.00364. The first-order chi connectivity index (χ1) is 10.2. The lowest BCUT2D eigenvalue weighted by atomic mass is 9.92. The van der Waals surface area contributed by atoms with E-state index in [-0.39, 0.29) is 11.4 Å². The molecule has 1 spiro atoms.